The molecule has 0 saturated heterocycles. The van der Waals surface area contributed by atoms with Crippen LogP contribution < -0.4 is 9.47 Å². The molecule has 0 saturated carbocycles. The number of hydrogen-bond donors (Lipinski definition) is 1. The van der Waals surface area contributed by atoms with Crippen molar-refractivity contribution in [2.75, 3.05) is 20.0 Å². The Kier molecular flexibility index (Phi) is 4.47. The Morgan fingerprint density at radius 3 is 2.41 bits per heavy atom. The van der Waals surface area contributed by atoms with Gasteiger partial charge in [0.15, 0.2) is 0 Å². The van der Waals surface area contributed by atoms with E-state index in [0.29, 0.717) is 17.1 Å². The monoisotopic (exact) mass is 280 g/mol. The summed E-state index contributed by atoms with van der Waals surface area (Å²) in [6.45, 7) is 0. The average molecular weight is 281 g/mol. The standard InChI is InChI=1S/C10H13ClO5S/c1-15-7-5-9(12)8(10(6-7)16-2)3-4-17(11,13)14/h5-6,12H,3-4H2,1-2H3. The smallest absolute Gasteiger partial charge is 0.232 e. The minimum absolute atomic E-state index is 0.0742. The molecule has 1 aromatic rings. The summed E-state index contributed by atoms with van der Waals surface area (Å²) in [6, 6.07) is 2.95. The third-order valence-electron chi connectivity index (χ3n) is 2.21. The van der Waals surface area contributed by atoms with E-state index >= 15 is 0 Å². The molecule has 0 unspecified atom stereocenters. The van der Waals surface area contributed by atoms with Crippen LogP contribution in [0.3, 0.4) is 0 Å². The first-order valence-electron chi connectivity index (χ1n) is 4.73. The van der Waals surface area contributed by atoms with Crippen LogP contribution in [-0.2, 0) is 15.5 Å². The fourth-order valence-electron chi connectivity index (χ4n) is 1.38. The molecular weight excluding hydrogens is 268 g/mol. The first-order chi connectivity index (χ1) is 7.87. The van der Waals surface area contributed by atoms with Gasteiger partial charge in [-0.3, -0.25) is 0 Å². The van der Waals surface area contributed by atoms with Gasteiger partial charge in [0.05, 0.1) is 20.0 Å². The van der Waals surface area contributed by atoms with Crippen LogP contribution in [0.2, 0.25) is 0 Å². The quantitative estimate of drug-likeness (QED) is 0.828. The van der Waals surface area contributed by atoms with Crippen LogP contribution in [0.4, 0.5) is 0 Å². The zero-order valence-electron chi connectivity index (χ0n) is 9.44. The van der Waals surface area contributed by atoms with Gasteiger partial charge < -0.3 is 14.6 Å². The molecule has 1 rings (SSSR count). The van der Waals surface area contributed by atoms with E-state index in [4.69, 9.17) is 20.2 Å². The maximum Gasteiger partial charge on any atom is 0.232 e. The topological polar surface area (TPSA) is 72.8 Å². The molecule has 96 valence electrons. The number of methoxy groups -OCH3 is 2. The van der Waals surface area contributed by atoms with Crippen molar-refractivity contribution in [3.63, 3.8) is 0 Å². The summed E-state index contributed by atoms with van der Waals surface area (Å²) in [5.74, 6) is 0.436. The van der Waals surface area contributed by atoms with Gasteiger partial charge in [0.25, 0.3) is 0 Å². The van der Waals surface area contributed by atoms with Crippen molar-refractivity contribution in [3.8, 4) is 17.2 Å². The van der Waals surface area contributed by atoms with E-state index in [-0.39, 0.29) is 17.9 Å². The first kappa shape index (κ1) is 13.9. The van der Waals surface area contributed by atoms with Crippen LogP contribution in [0.5, 0.6) is 17.2 Å². The molecule has 0 atom stereocenters. The van der Waals surface area contributed by atoms with Gasteiger partial charge in [-0.2, -0.15) is 0 Å². The van der Waals surface area contributed by atoms with Gasteiger partial charge in [-0.05, 0) is 6.42 Å². The lowest BCUT2D eigenvalue weighted by molar-refractivity contribution is 0.380. The molecule has 5 nitrogen and oxygen atoms in total. The van der Waals surface area contributed by atoms with Crippen LogP contribution in [0, 0.1) is 0 Å². The van der Waals surface area contributed by atoms with Gasteiger partial charge in [0.1, 0.15) is 17.2 Å². The summed E-state index contributed by atoms with van der Waals surface area (Å²) in [6.07, 6.45) is 0.0742. The number of rotatable bonds is 5. The van der Waals surface area contributed by atoms with Gasteiger partial charge >= 0.3 is 0 Å². The predicted octanol–water partition coefficient (Wildman–Crippen LogP) is 1.52. The van der Waals surface area contributed by atoms with Crippen LogP contribution in [0.15, 0.2) is 12.1 Å². The molecule has 1 aromatic carbocycles. The number of halogens is 1. The van der Waals surface area contributed by atoms with Crippen molar-refractivity contribution >= 4 is 19.7 Å². The second-order valence-electron chi connectivity index (χ2n) is 3.32. The Balaban J connectivity index is 3.06. The molecule has 0 fully saturated rings. The van der Waals surface area contributed by atoms with E-state index in [1.807, 2.05) is 0 Å². The third-order valence-corrected chi connectivity index (χ3v) is 3.37. The highest BCUT2D eigenvalue weighted by Crippen LogP contribution is 2.33. The molecule has 0 aliphatic carbocycles. The van der Waals surface area contributed by atoms with Crippen LogP contribution in [0.1, 0.15) is 5.56 Å². The molecule has 0 radical (unpaired) electrons. The minimum Gasteiger partial charge on any atom is -0.507 e. The predicted molar refractivity (Wildman–Crippen MR) is 64.6 cm³/mol. The molecule has 0 aromatic heterocycles. The lowest BCUT2D eigenvalue weighted by atomic mass is 10.1. The zero-order valence-corrected chi connectivity index (χ0v) is 11.0. The first-order valence-corrected chi connectivity index (χ1v) is 7.21. The SMILES string of the molecule is COc1cc(O)c(CCS(=O)(=O)Cl)c(OC)c1. The molecule has 0 amide bonds. The van der Waals surface area contributed by atoms with Crippen molar-refractivity contribution in [3.05, 3.63) is 17.7 Å². The van der Waals surface area contributed by atoms with Gasteiger partial charge in [-0.15, -0.1) is 0 Å². The summed E-state index contributed by atoms with van der Waals surface area (Å²) in [5.41, 5.74) is 0.387. The number of benzene rings is 1. The molecule has 0 aliphatic heterocycles. The van der Waals surface area contributed by atoms with Gasteiger partial charge in [-0.1, -0.05) is 0 Å². The fraction of sp³-hybridized carbons (Fsp3) is 0.400. The number of ether oxygens (including phenoxy) is 2. The van der Waals surface area contributed by atoms with E-state index < -0.39 is 9.05 Å². The summed E-state index contributed by atoms with van der Waals surface area (Å²) in [5, 5.41) is 9.73. The maximum atomic E-state index is 10.9. The number of aromatic hydroxyl groups is 1. The third kappa shape index (κ3) is 3.98. The second kappa shape index (κ2) is 5.46. The molecule has 17 heavy (non-hydrogen) atoms. The highest BCUT2D eigenvalue weighted by atomic mass is 35.7. The van der Waals surface area contributed by atoms with Crippen LogP contribution in [0.25, 0.3) is 0 Å². The lowest BCUT2D eigenvalue weighted by Gasteiger charge is -2.11. The van der Waals surface area contributed by atoms with Crippen LogP contribution in [-0.4, -0.2) is 33.5 Å². The normalized spacial score (nSPS) is 11.2. The van der Waals surface area contributed by atoms with Crippen molar-refractivity contribution in [1.29, 1.82) is 0 Å². The van der Waals surface area contributed by atoms with Gasteiger partial charge in [0, 0.05) is 28.4 Å². The maximum absolute atomic E-state index is 10.9. The Hall–Kier alpha value is -1.14. The zero-order chi connectivity index (χ0) is 13.1. The Morgan fingerprint density at radius 2 is 1.94 bits per heavy atom. The van der Waals surface area contributed by atoms with E-state index in [2.05, 4.69) is 0 Å². The number of phenolic OH excluding ortho intramolecular Hbond substituents is 1. The molecule has 1 N–H and O–H groups in total. The molecule has 0 aliphatic rings. The summed E-state index contributed by atoms with van der Waals surface area (Å²) in [7, 11) is 4.39. The van der Waals surface area contributed by atoms with Crippen molar-refractivity contribution in [1.82, 2.24) is 0 Å². The Morgan fingerprint density at radius 1 is 1.29 bits per heavy atom. The van der Waals surface area contributed by atoms with E-state index in [1.165, 1.54) is 20.3 Å². The van der Waals surface area contributed by atoms with Crippen molar-refractivity contribution < 1.29 is 23.0 Å². The highest BCUT2D eigenvalue weighted by molar-refractivity contribution is 8.13. The number of hydrogen-bond acceptors (Lipinski definition) is 5. The molecule has 0 bridgehead atoms. The average Bonchev–Trinajstić information content (AvgIpc) is 2.25. The molecule has 0 heterocycles. The summed E-state index contributed by atoms with van der Waals surface area (Å²) in [4.78, 5) is 0. The molecule has 0 spiro atoms. The van der Waals surface area contributed by atoms with E-state index in [1.54, 1.807) is 6.07 Å². The van der Waals surface area contributed by atoms with Crippen molar-refractivity contribution in [2.45, 2.75) is 6.42 Å². The minimum atomic E-state index is -3.61. The van der Waals surface area contributed by atoms with Crippen LogP contribution >= 0.6 is 10.7 Å². The second-order valence-corrected chi connectivity index (χ2v) is 6.22. The molecule has 7 heteroatoms. The van der Waals surface area contributed by atoms with E-state index in [0.717, 1.165) is 0 Å². The highest BCUT2D eigenvalue weighted by Gasteiger charge is 2.15. The van der Waals surface area contributed by atoms with E-state index in [9.17, 15) is 13.5 Å². The summed E-state index contributed by atoms with van der Waals surface area (Å²) < 4.78 is 31.7. The van der Waals surface area contributed by atoms with Gasteiger partial charge in [-0.25, -0.2) is 8.42 Å². The van der Waals surface area contributed by atoms with Crippen molar-refractivity contribution in [2.24, 2.45) is 0 Å². The Labute approximate surface area is 104 Å². The lowest BCUT2D eigenvalue weighted by Crippen LogP contribution is -2.03. The Bertz CT molecular complexity index is 498. The number of phenols is 1. The molecular formula is C10H13ClO5S. The largest absolute Gasteiger partial charge is 0.507 e. The fourth-order valence-corrected chi connectivity index (χ4v) is 2.06. The summed E-state index contributed by atoms with van der Waals surface area (Å²) >= 11 is 0. The van der Waals surface area contributed by atoms with Gasteiger partial charge in [0.2, 0.25) is 9.05 Å².